The van der Waals surface area contributed by atoms with Crippen LogP contribution < -0.4 is 0 Å². The van der Waals surface area contributed by atoms with E-state index in [4.69, 9.17) is 11.6 Å². The third kappa shape index (κ3) is 2.23. The standard InChI is InChI=1S/C16H11ClO2/c17-16-9-14(19)5-6-15(16)12-2-1-11-8-13(18)4-3-10(11)7-12/h1-9,18-19H. The average molecular weight is 271 g/mol. The fraction of sp³-hybridized carbons (Fsp3) is 0. The van der Waals surface area contributed by atoms with Crippen molar-refractivity contribution >= 4 is 22.4 Å². The van der Waals surface area contributed by atoms with E-state index in [1.54, 1.807) is 24.3 Å². The molecule has 0 heterocycles. The minimum absolute atomic E-state index is 0.152. The Hall–Kier alpha value is -2.19. The number of hydrogen-bond acceptors (Lipinski definition) is 2. The smallest absolute Gasteiger partial charge is 0.117 e. The number of halogens is 1. The van der Waals surface area contributed by atoms with Gasteiger partial charge in [0.15, 0.2) is 0 Å². The molecule has 3 rings (SSSR count). The van der Waals surface area contributed by atoms with E-state index >= 15 is 0 Å². The number of hydrogen-bond donors (Lipinski definition) is 2. The van der Waals surface area contributed by atoms with E-state index in [0.29, 0.717) is 5.02 Å². The van der Waals surface area contributed by atoms with Gasteiger partial charge in [-0.1, -0.05) is 29.8 Å². The van der Waals surface area contributed by atoms with Crippen molar-refractivity contribution in [2.24, 2.45) is 0 Å². The summed E-state index contributed by atoms with van der Waals surface area (Å²) >= 11 is 6.14. The largest absolute Gasteiger partial charge is 0.508 e. The van der Waals surface area contributed by atoms with Gasteiger partial charge in [0.05, 0.1) is 5.02 Å². The summed E-state index contributed by atoms with van der Waals surface area (Å²) < 4.78 is 0. The Bertz CT molecular complexity index is 766. The second-order valence-electron chi connectivity index (χ2n) is 4.41. The number of aromatic hydroxyl groups is 2. The number of phenolic OH excluding ortho intramolecular Hbond substituents is 2. The number of benzene rings is 3. The third-order valence-corrected chi connectivity index (χ3v) is 3.40. The zero-order chi connectivity index (χ0) is 13.4. The molecule has 2 N–H and O–H groups in total. The van der Waals surface area contributed by atoms with Crippen LogP contribution >= 0.6 is 11.6 Å². The van der Waals surface area contributed by atoms with E-state index in [0.717, 1.165) is 21.9 Å². The monoisotopic (exact) mass is 270 g/mol. The van der Waals surface area contributed by atoms with Crippen molar-refractivity contribution in [2.45, 2.75) is 0 Å². The predicted molar refractivity (Wildman–Crippen MR) is 77.7 cm³/mol. The topological polar surface area (TPSA) is 40.5 Å². The van der Waals surface area contributed by atoms with Crippen LogP contribution in [-0.4, -0.2) is 10.2 Å². The molecule has 3 aromatic rings. The Morgan fingerprint density at radius 2 is 1.32 bits per heavy atom. The number of rotatable bonds is 1. The SMILES string of the molecule is Oc1ccc(-c2ccc3cc(O)ccc3c2)c(Cl)c1. The molecule has 94 valence electrons. The summed E-state index contributed by atoms with van der Waals surface area (Å²) in [6, 6.07) is 16.1. The molecule has 2 nitrogen and oxygen atoms in total. The maximum absolute atomic E-state index is 9.44. The molecule has 0 saturated heterocycles. The van der Waals surface area contributed by atoms with E-state index in [1.807, 2.05) is 24.3 Å². The van der Waals surface area contributed by atoms with Gasteiger partial charge >= 0.3 is 0 Å². The molecule has 0 fully saturated rings. The second-order valence-corrected chi connectivity index (χ2v) is 4.82. The van der Waals surface area contributed by atoms with Crippen molar-refractivity contribution in [3.63, 3.8) is 0 Å². The van der Waals surface area contributed by atoms with E-state index in [9.17, 15) is 10.2 Å². The molecule has 3 heteroatoms. The van der Waals surface area contributed by atoms with Crippen LogP contribution in [0, 0.1) is 0 Å². The van der Waals surface area contributed by atoms with Gasteiger partial charge in [0.1, 0.15) is 11.5 Å². The van der Waals surface area contributed by atoms with Crippen LogP contribution in [0.25, 0.3) is 21.9 Å². The molecule has 0 aliphatic carbocycles. The summed E-state index contributed by atoms with van der Waals surface area (Å²) in [4.78, 5) is 0. The van der Waals surface area contributed by atoms with Crippen LogP contribution in [0.2, 0.25) is 5.02 Å². The Morgan fingerprint density at radius 1 is 0.684 bits per heavy atom. The summed E-state index contributed by atoms with van der Waals surface area (Å²) in [6.07, 6.45) is 0. The molecule has 0 bridgehead atoms. The first-order valence-corrected chi connectivity index (χ1v) is 6.23. The van der Waals surface area contributed by atoms with Gasteiger partial charge in [0, 0.05) is 5.56 Å². The fourth-order valence-electron chi connectivity index (χ4n) is 2.14. The Morgan fingerprint density at radius 3 is 2.11 bits per heavy atom. The van der Waals surface area contributed by atoms with Gasteiger partial charge < -0.3 is 10.2 Å². The summed E-state index contributed by atoms with van der Waals surface area (Å²) in [6.45, 7) is 0. The van der Waals surface area contributed by atoms with Gasteiger partial charge in [-0.2, -0.15) is 0 Å². The van der Waals surface area contributed by atoms with Crippen molar-refractivity contribution in [2.75, 3.05) is 0 Å². The lowest BCUT2D eigenvalue weighted by Crippen LogP contribution is -1.81. The fourth-order valence-corrected chi connectivity index (χ4v) is 2.42. The molecule has 0 aliphatic rings. The lowest BCUT2D eigenvalue weighted by molar-refractivity contribution is 0.475. The zero-order valence-electron chi connectivity index (χ0n) is 9.97. The van der Waals surface area contributed by atoms with Crippen molar-refractivity contribution in [3.05, 3.63) is 59.6 Å². The number of fused-ring (bicyclic) bond motifs is 1. The molecule has 0 atom stereocenters. The van der Waals surface area contributed by atoms with Crippen LogP contribution in [0.5, 0.6) is 11.5 Å². The highest BCUT2D eigenvalue weighted by atomic mass is 35.5. The van der Waals surface area contributed by atoms with Crippen molar-refractivity contribution in [1.29, 1.82) is 0 Å². The van der Waals surface area contributed by atoms with Crippen molar-refractivity contribution in [3.8, 4) is 22.6 Å². The molecule has 0 radical (unpaired) electrons. The number of phenols is 2. The Kier molecular flexibility index (Phi) is 2.80. The summed E-state index contributed by atoms with van der Waals surface area (Å²) in [5.74, 6) is 0.405. The first-order valence-electron chi connectivity index (χ1n) is 5.85. The summed E-state index contributed by atoms with van der Waals surface area (Å²) in [5.41, 5.74) is 1.85. The molecular weight excluding hydrogens is 260 g/mol. The lowest BCUT2D eigenvalue weighted by atomic mass is 10.0. The normalized spacial score (nSPS) is 10.8. The molecular formula is C16H11ClO2. The molecule has 0 aromatic heterocycles. The first kappa shape index (κ1) is 11.9. The van der Waals surface area contributed by atoms with Gasteiger partial charge in [-0.05, 0) is 52.7 Å². The van der Waals surface area contributed by atoms with Gasteiger partial charge in [-0.15, -0.1) is 0 Å². The van der Waals surface area contributed by atoms with Crippen LogP contribution in [0.15, 0.2) is 54.6 Å². The molecule has 0 amide bonds. The minimum Gasteiger partial charge on any atom is -0.508 e. The van der Waals surface area contributed by atoms with E-state index in [2.05, 4.69) is 0 Å². The molecule has 3 aromatic carbocycles. The third-order valence-electron chi connectivity index (χ3n) is 3.09. The van der Waals surface area contributed by atoms with Gasteiger partial charge in [-0.3, -0.25) is 0 Å². The van der Waals surface area contributed by atoms with E-state index in [-0.39, 0.29) is 11.5 Å². The molecule has 0 spiro atoms. The summed E-state index contributed by atoms with van der Waals surface area (Å²) in [5, 5.41) is 21.3. The van der Waals surface area contributed by atoms with Gasteiger partial charge in [-0.25, -0.2) is 0 Å². The maximum atomic E-state index is 9.44. The zero-order valence-corrected chi connectivity index (χ0v) is 10.7. The van der Waals surface area contributed by atoms with Crippen LogP contribution in [0.3, 0.4) is 0 Å². The Balaban J connectivity index is 2.17. The first-order chi connectivity index (χ1) is 9.13. The van der Waals surface area contributed by atoms with Crippen molar-refractivity contribution in [1.82, 2.24) is 0 Å². The Labute approximate surface area is 115 Å². The van der Waals surface area contributed by atoms with Crippen LogP contribution in [-0.2, 0) is 0 Å². The van der Waals surface area contributed by atoms with Crippen LogP contribution in [0.1, 0.15) is 0 Å². The molecule has 0 saturated carbocycles. The highest BCUT2D eigenvalue weighted by Crippen LogP contribution is 2.33. The molecule has 0 aliphatic heterocycles. The maximum Gasteiger partial charge on any atom is 0.117 e. The van der Waals surface area contributed by atoms with Crippen LogP contribution in [0.4, 0.5) is 0 Å². The highest BCUT2D eigenvalue weighted by Gasteiger charge is 2.05. The van der Waals surface area contributed by atoms with E-state index in [1.165, 1.54) is 6.07 Å². The van der Waals surface area contributed by atoms with Gasteiger partial charge in [0.2, 0.25) is 0 Å². The van der Waals surface area contributed by atoms with Gasteiger partial charge in [0.25, 0.3) is 0 Å². The molecule has 19 heavy (non-hydrogen) atoms. The average Bonchev–Trinajstić information content (AvgIpc) is 2.38. The molecule has 0 unspecified atom stereocenters. The second kappa shape index (κ2) is 4.48. The van der Waals surface area contributed by atoms with Crippen molar-refractivity contribution < 1.29 is 10.2 Å². The van der Waals surface area contributed by atoms with E-state index < -0.39 is 0 Å². The highest BCUT2D eigenvalue weighted by molar-refractivity contribution is 6.33. The predicted octanol–water partition coefficient (Wildman–Crippen LogP) is 4.57. The lowest BCUT2D eigenvalue weighted by Gasteiger charge is -2.07. The minimum atomic E-state index is 0.152. The summed E-state index contributed by atoms with van der Waals surface area (Å²) in [7, 11) is 0. The quantitative estimate of drug-likeness (QED) is 0.680.